The summed E-state index contributed by atoms with van der Waals surface area (Å²) in [7, 11) is -1.71. The second-order valence-corrected chi connectivity index (χ2v) is 7.07. The van der Waals surface area contributed by atoms with Gasteiger partial charge in [-0.3, -0.25) is 4.31 Å². The van der Waals surface area contributed by atoms with Gasteiger partial charge in [0.25, 0.3) is 0 Å². The van der Waals surface area contributed by atoms with Crippen molar-refractivity contribution in [1.82, 2.24) is 0 Å². The Morgan fingerprint density at radius 2 is 2.00 bits per heavy atom. The minimum atomic E-state index is -3.27. The van der Waals surface area contributed by atoms with Gasteiger partial charge in [0.05, 0.1) is 11.9 Å². The molecule has 0 unspecified atom stereocenters. The van der Waals surface area contributed by atoms with Crippen molar-refractivity contribution in [2.24, 2.45) is 0 Å². The fraction of sp³-hybridized carbons (Fsp3) is 0.538. The highest BCUT2D eigenvalue weighted by molar-refractivity contribution is 7.92. The van der Waals surface area contributed by atoms with Crippen molar-refractivity contribution in [3.05, 3.63) is 28.8 Å². The number of benzene rings is 1. The van der Waals surface area contributed by atoms with Crippen molar-refractivity contribution in [3.63, 3.8) is 0 Å². The molecule has 0 fully saturated rings. The molecule has 3 nitrogen and oxygen atoms in total. The van der Waals surface area contributed by atoms with Crippen LogP contribution in [0.15, 0.2) is 18.2 Å². The molecule has 1 atom stereocenters. The van der Waals surface area contributed by atoms with Gasteiger partial charge in [-0.2, -0.15) is 0 Å². The molecule has 5 heteroatoms. The van der Waals surface area contributed by atoms with Crippen molar-refractivity contribution in [2.75, 3.05) is 17.6 Å². The SMILES string of the molecule is CCC[C@H](C)c1ccc(Cl)cc1N(C)S(C)(=O)=O. The Morgan fingerprint density at radius 3 is 2.50 bits per heavy atom. The molecule has 0 saturated heterocycles. The van der Waals surface area contributed by atoms with Crippen LogP contribution in [-0.4, -0.2) is 21.7 Å². The zero-order chi connectivity index (χ0) is 13.9. The van der Waals surface area contributed by atoms with Gasteiger partial charge < -0.3 is 0 Å². The summed E-state index contributed by atoms with van der Waals surface area (Å²) in [4.78, 5) is 0. The molecule has 0 N–H and O–H groups in total. The van der Waals surface area contributed by atoms with Crippen molar-refractivity contribution in [1.29, 1.82) is 0 Å². The fourth-order valence-electron chi connectivity index (χ4n) is 1.97. The summed E-state index contributed by atoms with van der Waals surface area (Å²) >= 11 is 5.97. The molecule has 18 heavy (non-hydrogen) atoms. The molecule has 0 aliphatic rings. The quantitative estimate of drug-likeness (QED) is 0.830. The number of halogens is 1. The van der Waals surface area contributed by atoms with Gasteiger partial charge in [-0.1, -0.05) is 37.9 Å². The van der Waals surface area contributed by atoms with Crippen LogP contribution in [0.25, 0.3) is 0 Å². The van der Waals surface area contributed by atoms with Gasteiger partial charge in [-0.05, 0) is 30.0 Å². The van der Waals surface area contributed by atoms with E-state index in [2.05, 4.69) is 13.8 Å². The number of anilines is 1. The Kier molecular flexibility index (Phi) is 5.05. The van der Waals surface area contributed by atoms with Gasteiger partial charge in [-0.15, -0.1) is 0 Å². The molecule has 0 bridgehead atoms. The maximum absolute atomic E-state index is 11.7. The van der Waals surface area contributed by atoms with E-state index in [0.29, 0.717) is 16.6 Å². The lowest BCUT2D eigenvalue weighted by Crippen LogP contribution is -2.26. The topological polar surface area (TPSA) is 37.4 Å². The van der Waals surface area contributed by atoms with E-state index >= 15 is 0 Å². The molecule has 0 spiro atoms. The van der Waals surface area contributed by atoms with E-state index in [1.54, 1.807) is 13.1 Å². The van der Waals surface area contributed by atoms with Crippen LogP contribution in [0.5, 0.6) is 0 Å². The number of sulfonamides is 1. The highest BCUT2D eigenvalue weighted by Gasteiger charge is 2.19. The molecule has 0 radical (unpaired) electrons. The molecule has 102 valence electrons. The van der Waals surface area contributed by atoms with E-state index in [0.717, 1.165) is 18.4 Å². The van der Waals surface area contributed by atoms with Crippen LogP contribution < -0.4 is 4.31 Å². The first kappa shape index (κ1) is 15.3. The summed E-state index contributed by atoms with van der Waals surface area (Å²) in [6.45, 7) is 4.22. The monoisotopic (exact) mass is 289 g/mol. The van der Waals surface area contributed by atoms with Crippen molar-refractivity contribution >= 4 is 27.3 Å². The first-order valence-corrected chi connectivity index (χ1v) is 8.23. The maximum atomic E-state index is 11.7. The lowest BCUT2D eigenvalue weighted by atomic mass is 9.95. The second-order valence-electron chi connectivity index (χ2n) is 4.62. The van der Waals surface area contributed by atoms with Crippen molar-refractivity contribution in [2.45, 2.75) is 32.6 Å². The molecular weight excluding hydrogens is 270 g/mol. The van der Waals surface area contributed by atoms with E-state index in [1.807, 2.05) is 12.1 Å². The van der Waals surface area contributed by atoms with Crippen LogP contribution in [0.2, 0.25) is 5.02 Å². The minimum Gasteiger partial charge on any atom is -0.273 e. The number of rotatable bonds is 5. The van der Waals surface area contributed by atoms with Crippen molar-refractivity contribution in [3.8, 4) is 0 Å². The van der Waals surface area contributed by atoms with Crippen LogP contribution in [0.3, 0.4) is 0 Å². The van der Waals surface area contributed by atoms with Gasteiger partial charge >= 0.3 is 0 Å². The third-order valence-electron chi connectivity index (χ3n) is 3.08. The minimum absolute atomic E-state index is 0.312. The fourth-order valence-corrected chi connectivity index (χ4v) is 2.66. The van der Waals surface area contributed by atoms with E-state index in [4.69, 9.17) is 11.6 Å². The van der Waals surface area contributed by atoms with E-state index < -0.39 is 10.0 Å². The standard InChI is InChI=1S/C13H20ClNO2S/c1-5-6-10(2)12-8-7-11(14)9-13(12)15(3)18(4,16)17/h7-10H,5-6H2,1-4H3/t10-/m0/s1. The molecule has 0 saturated carbocycles. The highest BCUT2D eigenvalue weighted by Crippen LogP contribution is 2.33. The third-order valence-corrected chi connectivity index (χ3v) is 4.51. The van der Waals surface area contributed by atoms with Crippen LogP contribution >= 0.6 is 11.6 Å². The average Bonchev–Trinajstić information content (AvgIpc) is 2.26. The first-order chi connectivity index (χ1) is 8.27. The summed E-state index contributed by atoms with van der Waals surface area (Å²) in [6.07, 6.45) is 3.28. The molecule has 1 aromatic rings. The molecule has 0 aromatic heterocycles. The summed E-state index contributed by atoms with van der Waals surface area (Å²) in [5.41, 5.74) is 1.69. The molecule has 0 aliphatic heterocycles. The zero-order valence-electron chi connectivity index (χ0n) is 11.3. The lowest BCUT2D eigenvalue weighted by molar-refractivity contribution is 0.599. The Hall–Kier alpha value is -0.740. The summed E-state index contributed by atoms with van der Waals surface area (Å²) < 4.78 is 24.6. The number of hydrogen-bond acceptors (Lipinski definition) is 2. The van der Waals surface area contributed by atoms with Gasteiger partial charge in [0.15, 0.2) is 0 Å². The first-order valence-electron chi connectivity index (χ1n) is 6.00. The normalized spacial score (nSPS) is 13.4. The van der Waals surface area contributed by atoms with Gasteiger partial charge in [0.2, 0.25) is 10.0 Å². The van der Waals surface area contributed by atoms with Gasteiger partial charge in [0, 0.05) is 12.1 Å². The molecular formula is C13H20ClNO2S. The average molecular weight is 290 g/mol. The van der Waals surface area contributed by atoms with Gasteiger partial charge in [0.1, 0.15) is 0 Å². The summed E-state index contributed by atoms with van der Waals surface area (Å²) in [5.74, 6) is 0.312. The molecule has 0 amide bonds. The largest absolute Gasteiger partial charge is 0.273 e. The zero-order valence-corrected chi connectivity index (χ0v) is 12.8. The van der Waals surface area contributed by atoms with E-state index in [-0.39, 0.29) is 0 Å². The van der Waals surface area contributed by atoms with Crippen molar-refractivity contribution < 1.29 is 8.42 Å². The maximum Gasteiger partial charge on any atom is 0.232 e. The van der Waals surface area contributed by atoms with Crippen LogP contribution in [-0.2, 0) is 10.0 Å². The number of nitrogens with zero attached hydrogens (tertiary/aromatic N) is 1. The molecule has 1 aromatic carbocycles. The second kappa shape index (κ2) is 5.93. The predicted octanol–water partition coefficient (Wildman–Crippen LogP) is 3.64. The molecule has 1 rings (SSSR count). The predicted molar refractivity (Wildman–Crippen MR) is 78.0 cm³/mol. The van der Waals surface area contributed by atoms with E-state index in [1.165, 1.54) is 10.6 Å². The Bertz CT molecular complexity index is 514. The Morgan fingerprint density at radius 1 is 1.39 bits per heavy atom. The van der Waals surface area contributed by atoms with Gasteiger partial charge in [-0.25, -0.2) is 8.42 Å². The van der Waals surface area contributed by atoms with Crippen LogP contribution in [0.4, 0.5) is 5.69 Å². The lowest BCUT2D eigenvalue weighted by Gasteiger charge is -2.23. The van der Waals surface area contributed by atoms with E-state index in [9.17, 15) is 8.42 Å². The number of hydrogen-bond donors (Lipinski definition) is 0. The van der Waals surface area contributed by atoms with Crippen LogP contribution in [0, 0.1) is 0 Å². The Balaban J connectivity index is 3.28. The van der Waals surface area contributed by atoms with Crippen LogP contribution in [0.1, 0.15) is 38.2 Å². The Labute approximate surface area is 115 Å². The highest BCUT2D eigenvalue weighted by atomic mass is 35.5. The molecule has 0 heterocycles. The smallest absolute Gasteiger partial charge is 0.232 e. The summed E-state index contributed by atoms with van der Waals surface area (Å²) in [6, 6.07) is 5.44. The molecule has 0 aliphatic carbocycles. The summed E-state index contributed by atoms with van der Waals surface area (Å²) in [5, 5.41) is 0.549. The third kappa shape index (κ3) is 3.62.